The molecule has 17 heavy (non-hydrogen) atoms. The quantitative estimate of drug-likeness (QED) is 0.809. The van der Waals surface area contributed by atoms with E-state index in [1.165, 1.54) is 0 Å². The van der Waals surface area contributed by atoms with Gasteiger partial charge >= 0.3 is 6.09 Å². The Bertz CT molecular complexity index is 369. The molecule has 0 aliphatic carbocycles. The predicted octanol–water partition coefficient (Wildman–Crippen LogP) is 2.76. The van der Waals surface area contributed by atoms with Gasteiger partial charge in [-0.1, -0.05) is 37.3 Å². The van der Waals surface area contributed by atoms with Crippen molar-refractivity contribution in [3.8, 4) is 0 Å². The molecule has 1 aliphatic rings. The number of hydrogen-bond acceptors (Lipinski definition) is 3. The summed E-state index contributed by atoms with van der Waals surface area (Å²) in [7, 11) is 0. The van der Waals surface area contributed by atoms with E-state index in [2.05, 4.69) is 6.92 Å². The highest BCUT2D eigenvalue weighted by Crippen LogP contribution is 2.18. The summed E-state index contributed by atoms with van der Waals surface area (Å²) in [4.78, 5) is 13.6. The Labute approximate surface area is 106 Å². The molecule has 0 saturated carbocycles. The molecule has 0 spiro atoms. The summed E-state index contributed by atoms with van der Waals surface area (Å²) < 4.78 is 5.29. The van der Waals surface area contributed by atoms with Crippen LogP contribution in [0.2, 0.25) is 0 Å². The summed E-state index contributed by atoms with van der Waals surface area (Å²) in [6.07, 6.45) is -0.194. The van der Waals surface area contributed by atoms with Crippen molar-refractivity contribution in [3.63, 3.8) is 0 Å². The number of ether oxygens (including phenoxy) is 1. The number of carbonyl (C=O) groups is 1. The first-order valence-corrected chi connectivity index (χ1v) is 6.88. The van der Waals surface area contributed by atoms with Crippen molar-refractivity contribution in [3.05, 3.63) is 35.9 Å². The number of nitrogens with zero attached hydrogens (tertiary/aromatic N) is 1. The van der Waals surface area contributed by atoms with Gasteiger partial charge in [0.05, 0.1) is 0 Å². The molecule has 1 heterocycles. The second-order valence-electron chi connectivity index (χ2n) is 4.17. The highest BCUT2D eigenvalue weighted by Gasteiger charge is 2.22. The number of rotatable bonds is 2. The summed E-state index contributed by atoms with van der Waals surface area (Å²) in [5.74, 6) is 1.00. The van der Waals surface area contributed by atoms with Crippen molar-refractivity contribution < 1.29 is 9.53 Å². The monoisotopic (exact) mass is 251 g/mol. The lowest BCUT2D eigenvalue weighted by Gasteiger charge is -2.29. The summed E-state index contributed by atoms with van der Waals surface area (Å²) in [5.41, 5.74) is 1.03. The molecular weight excluding hydrogens is 234 g/mol. The van der Waals surface area contributed by atoms with E-state index in [1.54, 1.807) is 4.90 Å². The number of benzene rings is 1. The van der Waals surface area contributed by atoms with Crippen molar-refractivity contribution in [1.82, 2.24) is 4.90 Å². The maximum Gasteiger partial charge on any atom is 0.410 e. The molecule has 4 heteroatoms. The molecule has 1 amide bonds. The van der Waals surface area contributed by atoms with Crippen LogP contribution in [0.15, 0.2) is 30.3 Å². The molecule has 1 aromatic rings. The highest BCUT2D eigenvalue weighted by atomic mass is 32.2. The minimum Gasteiger partial charge on any atom is -0.445 e. The van der Waals surface area contributed by atoms with Crippen molar-refractivity contribution >= 4 is 17.9 Å². The third kappa shape index (κ3) is 3.66. The Balaban J connectivity index is 1.81. The van der Waals surface area contributed by atoms with Gasteiger partial charge in [-0.3, -0.25) is 0 Å². The number of carbonyl (C=O) groups excluding carboxylic acids is 1. The average molecular weight is 251 g/mol. The van der Waals surface area contributed by atoms with E-state index in [1.807, 2.05) is 42.1 Å². The van der Waals surface area contributed by atoms with E-state index in [4.69, 9.17) is 4.74 Å². The molecule has 1 atom stereocenters. The Hall–Kier alpha value is -1.16. The number of thioether (sulfide) groups is 1. The van der Waals surface area contributed by atoms with Crippen LogP contribution in [-0.2, 0) is 11.3 Å². The van der Waals surface area contributed by atoms with Crippen LogP contribution in [0.4, 0.5) is 4.79 Å². The molecule has 1 saturated heterocycles. The molecule has 0 radical (unpaired) electrons. The fourth-order valence-corrected chi connectivity index (χ4v) is 2.81. The molecule has 92 valence electrons. The van der Waals surface area contributed by atoms with Crippen molar-refractivity contribution in [2.45, 2.75) is 18.8 Å². The molecule has 1 aliphatic heterocycles. The van der Waals surface area contributed by atoms with Gasteiger partial charge < -0.3 is 9.64 Å². The smallest absolute Gasteiger partial charge is 0.410 e. The second kappa shape index (κ2) is 5.96. The third-order valence-corrected chi connectivity index (χ3v) is 3.84. The van der Waals surface area contributed by atoms with Crippen LogP contribution >= 0.6 is 11.8 Å². The van der Waals surface area contributed by atoms with Crippen LogP contribution in [0.1, 0.15) is 12.5 Å². The Morgan fingerprint density at radius 1 is 1.47 bits per heavy atom. The van der Waals surface area contributed by atoms with Crippen LogP contribution in [0.3, 0.4) is 0 Å². The fraction of sp³-hybridized carbons (Fsp3) is 0.462. The Morgan fingerprint density at radius 3 is 2.94 bits per heavy atom. The molecule has 1 fully saturated rings. The van der Waals surface area contributed by atoms with Gasteiger partial charge in [0.2, 0.25) is 0 Å². The van der Waals surface area contributed by atoms with Gasteiger partial charge in [-0.15, -0.1) is 0 Å². The highest BCUT2D eigenvalue weighted by molar-refractivity contribution is 7.99. The van der Waals surface area contributed by atoms with Gasteiger partial charge in [0, 0.05) is 24.1 Å². The van der Waals surface area contributed by atoms with E-state index < -0.39 is 0 Å². The lowest BCUT2D eigenvalue weighted by Crippen LogP contribution is -2.41. The van der Waals surface area contributed by atoms with Gasteiger partial charge in [0.15, 0.2) is 0 Å². The molecular formula is C13H17NO2S. The number of hydrogen-bond donors (Lipinski definition) is 0. The Morgan fingerprint density at radius 2 is 2.24 bits per heavy atom. The molecule has 1 aromatic carbocycles. The van der Waals surface area contributed by atoms with E-state index >= 15 is 0 Å². The van der Waals surface area contributed by atoms with E-state index in [9.17, 15) is 4.79 Å². The minimum absolute atomic E-state index is 0.194. The van der Waals surface area contributed by atoms with E-state index in [-0.39, 0.29) is 6.09 Å². The molecule has 0 N–H and O–H groups in total. The van der Waals surface area contributed by atoms with Crippen LogP contribution in [0.25, 0.3) is 0 Å². The first-order chi connectivity index (χ1) is 8.25. The van der Waals surface area contributed by atoms with E-state index in [0.29, 0.717) is 11.9 Å². The normalized spacial score (nSPS) is 20.1. The predicted molar refractivity (Wildman–Crippen MR) is 70.1 cm³/mol. The van der Waals surface area contributed by atoms with Crippen molar-refractivity contribution in [2.24, 2.45) is 0 Å². The maximum absolute atomic E-state index is 11.8. The topological polar surface area (TPSA) is 29.5 Å². The summed E-state index contributed by atoms with van der Waals surface area (Å²) in [5, 5.41) is 0.507. The van der Waals surface area contributed by atoms with Crippen LogP contribution in [0.5, 0.6) is 0 Å². The first-order valence-electron chi connectivity index (χ1n) is 5.83. The van der Waals surface area contributed by atoms with Crippen molar-refractivity contribution in [2.75, 3.05) is 18.8 Å². The largest absolute Gasteiger partial charge is 0.445 e. The SMILES string of the molecule is CC1CN(C(=O)OCc2ccccc2)CCS1. The Kier molecular flexibility index (Phi) is 4.31. The summed E-state index contributed by atoms with van der Waals surface area (Å²) >= 11 is 1.90. The minimum atomic E-state index is -0.194. The molecule has 1 unspecified atom stereocenters. The van der Waals surface area contributed by atoms with Gasteiger partial charge in [-0.25, -0.2) is 4.79 Å². The van der Waals surface area contributed by atoms with Gasteiger partial charge in [0.1, 0.15) is 6.61 Å². The zero-order chi connectivity index (χ0) is 12.1. The zero-order valence-corrected chi connectivity index (χ0v) is 10.8. The molecule has 0 bridgehead atoms. The fourth-order valence-electron chi connectivity index (χ4n) is 1.79. The standard InChI is InChI=1S/C13H17NO2S/c1-11-9-14(7-8-17-11)13(15)16-10-12-5-3-2-4-6-12/h2-6,11H,7-10H2,1H3. The first kappa shape index (κ1) is 12.3. The average Bonchev–Trinajstić information content (AvgIpc) is 2.37. The van der Waals surface area contributed by atoms with E-state index in [0.717, 1.165) is 24.4 Å². The van der Waals surface area contributed by atoms with Gasteiger partial charge in [-0.2, -0.15) is 11.8 Å². The zero-order valence-electron chi connectivity index (χ0n) is 9.96. The lowest BCUT2D eigenvalue weighted by atomic mass is 10.2. The molecule has 3 nitrogen and oxygen atoms in total. The third-order valence-electron chi connectivity index (χ3n) is 2.70. The molecule has 0 aromatic heterocycles. The van der Waals surface area contributed by atoms with Crippen LogP contribution in [-0.4, -0.2) is 35.1 Å². The molecule has 2 rings (SSSR count). The lowest BCUT2D eigenvalue weighted by molar-refractivity contribution is 0.0977. The second-order valence-corrected chi connectivity index (χ2v) is 5.71. The summed E-state index contributed by atoms with van der Waals surface area (Å²) in [6, 6.07) is 9.77. The van der Waals surface area contributed by atoms with Crippen molar-refractivity contribution in [1.29, 1.82) is 0 Å². The number of amides is 1. The van der Waals surface area contributed by atoms with Gasteiger partial charge in [-0.05, 0) is 5.56 Å². The summed E-state index contributed by atoms with van der Waals surface area (Å²) in [6.45, 7) is 4.08. The van der Waals surface area contributed by atoms with Gasteiger partial charge in [0.25, 0.3) is 0 Å². The van der Waals surface area contributed by atoms with Crippen LogP contribution in [0, 0.1) is 0 Å². The maximum atomic E-state index is 11.8. The van der Waals surface area contributed by atoms with Crippen LogP contribution < -0.4 is 0 Å².